The Morgan fingerprint density at radius 2 is 1.22 bits per heavy atom. The highest BCUT2D eigenvalue weighted by molar-refractivity contribution is 4.21. The van der Waals surface area contributed by atoms with Crippen LogP contribution in [-0.2, 0) is 4.74 Å². The predicted octanol–water partition coefficient (Wildman–Crippen LogP) is -8.51. The lowest BCUT2D eigenvalue weighted by atomic mass is 10.7. The molecule has 0 aliphatic heterocycles. The van der Waals surface area contributed by atoms with Crippen molar-refractivity contribution in [2.75, 3.05) is 26.3 Å². The van der Waals surface area contributed by atoms with Gasteiger partial charge in [0.25, 0.3) is 0 Å². The maximum Gasteiger partial charge on any atom is 0.0977 e. The second kappa shape index (κ2) is 15.9. The quantitative estimate of drug-likeness (QED) is 0.488. The van der Waals surface area contributed by atoms with Crippen molar-refractivity contribution in [3.8, 4) is 0 Å². The maximum atomic E-state index is 5.01. The average Bonchev–Trinajstić information content (AvgIpc) is 1.69. The van der Waals surface area contributed by atoms with Gasteiger partial charge < -0.3 is 50.2 Å². The van der Waals surface area contributed by atoms with Crippen LogP contribution in [0.1, 0.15) is 0 Å². The standard InChI is InChI=1S/C4H12N2O.2BrH/c5-1-3-7-4-2-6;;/h1-6H2;2*1H. The molecule has 0 atom stereocenters. The largest absolute Gasteiger partial charge is 1.00 e. The predicted molar refractivity (Wildman–Crippen MR) is 26.3 cm³/mol. The van der Waals surface area contributed by atoms with Crippen molar-refractivity contribution in [2.45, 2.75) is 0 Å². The molecule has 0 spiro atoms. The molecular weight excluding hydrogens is 252 g/mol. The highest BCUT2D eigenvalue weighted by Crippen LogP contribution is 1.63. The van der Waals surface area contributed by atoms with Crippen molar-refractivity contribution < 1.29 is 50.2 Å². The van der Waals surface area contributed by atoms with Gasteiger partial charge in [0.2, 0.25) is 0 Å². The first-order valence-corrected chi connectivity index (χ1v) is 2.58. The van der Waals surface area contributed by atoms with Crippen LogP contribution in [-0.4, -0.2) is 26.3 Å². The molecule has 60 valence electrons. The van der Waals surface area contributed by atoms with Crippen LogP contribution in [0.4, 0.5) is 0 Å². The summed E-state index contributed by atoms with van der Waals surface area (Å²) in [5.41, 5.74) is 7.22. The molecule has 0 heterocycles. The molecule has 0 aromatic rings. The van der Waals surface area contributed by atoms with E-state index in [1.807, 2.05) is 0 Å². The van der Waals surface area contributed by atoms with Gasteiger partial charge in [0.1, 0.15) is 0 Å². The van der Waals surface area contributed by atoms with Gasteiger partial charge in [-0.2, -0.15) is 0 Å². The summed E-state index contributed by atoms with van der Waals surface area (Å²) in [7, 11) is 0. The minimum atomic E-state index is 0. The number of halogens is 2. The molecule has 3 nitrogen and oxygen atoms in total. The van der Waals surface area contributed by atoms with Crippen molar-refractivity contribution in [1.29, 1.82) is 0 Å². The van der Waals surface area contributed by atoms with E-state index in [1.54, 1.807) is 0 Å². The maximum absolute atomic E-state index is 5.01. The molecule has 0 aliphatic carbocycles. The highest BCUT2D eigenvalue weighted by atomic mass is 79.9. The average molecular weight is 266 g/mol. The van der Waals surface area contributed by atoms with Crippen LogP contribution in [0.2, 0.25) is 0 Å². The lowest BCUT2D eigenvalue weighted by Crippen LogP contribution is -3.00. The SMILES string of the molecule is [Br-].[Br-].[NH3+]CCOCC[NH3+]. The zero-order valence-corrected chi connectivity index (χ0v) is 8.58. The number of rotatable bonds is 4. The lowest BCUT2D eigenvalue weighted by molar-refractivity contribution is -0.387. The third kappa shape index (κ3) is 17.7. The molecule has 0 saturated carbocycles. The van der Waals surface area contributed by atoms with E-state index in [0.717, 1.165) is 26.3 Å². The van der Waals surface area contributed by atoms with Crippen molar-refractivity contribution in [1.82, 2.24) is 0 Å². The van der Waals surface area contributed by atoms with Gasteiger partial charge in [0, 0.05) is 0 Å². The fourth-order valence-corrected chi connectivity index (χ4v) is 0.306. The van der Waals surface area contributed by atoms with E-state index < -0.39 is 0 Å². The zero-order valence-electron chi connectivity index (χ0n) is 5.41. The Labute approximate surface area is 76.7 Å². The van der Waals surface area contributed by atoms with E-state index in [0.29, 0.717) is 0 Å². The van der Waals surface area contributed by atoms with Crippen molar-refractivity contribution in [2.24, 2.45) is 0 Å². The van der Waals surface area contributed by atoms with E-state index in [4.69, 9.17) is 4.74 Å². The van der Waals surface area contributed by atoms with Gasteiger partial charge in [-0.15, -0.1) is 0 Å². The van der Waals surface area contributed by atoms with Gasteiger partial charge >= 0.3 is 0 Å². The highest BCUT2D eigenvalue weighted by Gasteiger charge is 1.81. The molecule has 5 heteroatoms. The third-order valence-electron chi connectivity index (χ3n) is 0.577. The molecule has 6 N–H and O–H groups in total. The Kier molecular flexibility index (Phi) is 29.1. The summed E-state index contributed by atoms with van der Waals surface area (Å²) in [5, 5.41) is 0. The second-order valence-corrected chi connectivity index (χ2v) is 1.32. The first kappa shape index (κ1) is 16.4. The van der Waals surface area contributed by atoms with Crippen molar-refractivity contribution in [3.63, 3.8) is 0 Å². The van der Waals surface area contributed by atoms with E-state index in [1.165, 1.54) is 0 Å². The van der Waals surface area contributed by atoms with Crippen LogP contribution in [0, 0.1) is 0 Å². The fraction of sp³-hybridized carbons (Fsp3) is 1.00. The Bertz CT molecular complexity index is 35.7. The zero-order chi connectivity index (χ0) is 5.54. The molecule has 0 aromatic heterocycles. The molecule has 9 heavy (non-hydrogen) atoms. The third-order valence-corrected chi connectivity index (χ3v) is 0.577. The molecule has 0 unspecified atom stereocenters. The van der Waals surface area contributed by atoms with Gasteiger partial charge in [-0.05, 0) is 0 Å². The van der Waals surface area contributed by atoms with Crippen LogP contribution in [0.5, 0.6) is 0 Å². The molecule has 0 radical (unpaired) electrons. The van der Waals surface area contributed by atoms with Crippen LogP contribution < -0.4 is 45.4 Å². The van der Waals surface area contributed by atoms with E-state index in [9.17, 15) is 0 Å². The fourth-order valence-electron chi connectivity index (χ4n) is 0.306. The normalized spacial score (nSPS) is 7.33. The first-order valence-electron chi connectivity index (χ1n) is 2.58. The van der Waals surface area contributed by atoms with Gasteiger partial charge in [-0.3, -0.25) is 0 Å². The van der Waals surface area contributed by atoms with Crippen LogP contribution >= 0.6 is 0 Å². The molecule has 0 saturated heterocycles. The monoisotopic (exact) mass is 264 g/mol. The summed E-state index contributed by atoms with van der Waals surface area (Å²) in [6, 6.07) is 0. The van der Waals surface area contributed by atoms with Crippen LogP contribution in [0.15, 0.2) is 0 Å². The van der Waals surface area contributed by atoms with E-state index in [2.05, 4.69) is 11.5 Å². The first-order chi connectivity index (χ1) is 3.41. The summed E-state index contributed by atoms with van der Waals surface area (Å²) in [6.07, 6.45) is 0. The van der Waals surface area contributed by atoms with E-state index >= 15 is 0 Å². The molecule has 0 fully saturated rings. The number of hydrogen-bond acceptors (Lipinski definition) is 1. The smallest absolute Gasteiger partial charge is 0.0977 e. The molecule has 0 aromatic carbocycles. The van der Waals surface area contributed by atoms with Gasteiger partial charge in [0.05, 0.1) is 26.3 Å². The Morgan fingerprint density at radius 3 is 1.44 bits per heavy atom. The number of quaternary nitrogens is 2. The lowest BCUT2D eigenvalue weighted by Gasteiger charge is -1.92. The summed E-state index contributed by atoms with van der Waals surface area (Å²) in [4.78, 5) is 0. The molecule has 0 aliphatic rings. The van der Waals surface area contributed by atoms with Crippen molar-refractivity contribution >= 4 is 0 Å². The second-order valence-electron chi connectivity index (χ2n) is 1.32. The van der Waals surface area contributed by atoms with Gasteiger partial charge in [-0.1, -0.05) is 0 Å². The molecule has 0 bridgehead atoms. The molecular formula is C4H14Br2N2O. The van der Waals surface area contributed by atoms with Gasteiger partial charge in [0.15, 0.2) is 0 Å². The Hall–Kier alpha value is 0.840. The molecule has 0 rings (SSSR count). The summed E-state index contributed by atoms with van der Waals surface area (Å²) in [5.74, 6) is 0. The Balaban J connectivity index is -0.000000180. The summed E-state index contributed by atoms with van der Waals surface area (Å²) < 4.78 is 5.01. The van der Waals surface area contributed by atoms with Gasteiger partial charge in [-0.25, -0.2) is 0 Å². The van der Waals surface area contributed by atoms with Crippen LogP contribution in [0.25, 0.3) is 0 Å². The minimum Gasteiger partial charge on any atom is -1.00 e. The topological polar surface area (TPSA) is 64.5 Å². The summed E-state index contributed by atoms with van der Waals surface area (Å²) >= 11 is 0. The number of ether oxygens (including phenoxy) is 1. The van der Waals surface area contributed by atoms with Crippen LogP contribution in [0.3, 0.4) is 0 Å². The molecule has 0 amide bonds. The van der Waals surface area contributed by atoms with E-state index in [-0.39, 0.29) is 34.0 Å². The van der Waals surface area contributed by atoms with Crippen molar-refractivity contribution in [3.05, 3.63) is 0 Å². The summed E-state index contributed by atoms with van der Waals surface area (Å²) in [6.45, 7) is 3.27. The number of hydrogen-bond donors (Lipinski definition) is 2. The Morgan fingerprint density at radius 1 is 0.889 bits per heavy atom. The minimum absolute atomic E-state index is 0.